The summed E-state index contributed by atoms with van der Waals surface area (Å²) in [5.74, 6) is -0.756. The van der Waals surface area contributed by atoms with Crippen molar-refractivity contribution in [2.24, 2.45) is 0 Å². The summed E-state index contributed by atoms with van der Waals surface area (Å²) in [6, 6.07) is 5.45. The van der Waals surface area contributed by atoms with E-state index in [1.807, 2.05) is 23.1 Å². The highest BCUT2D eigenvalue weighted by atomic mass is 79.9. The fourth-order valence-corrected chi connectivity index (χ4v) is 2.96. The fraction of sp³-hybridized carbons (Fsp3) is 0.500. The molecule has 1 aliphatic rings. The van der Waals surface area contributed by atoms with E-state index in [9.17, 15) is 4.79 Å². The molecule has 0 radical (unpaired) electrons. The Morgan fingerprint density at radius 3 is 2.65 bits per heavy atom. The van der Waals surface area contributed by atoms with Gasteiger partial charge in [0, 0.05) is 42.2 Å². The summed E-state index contributed by atoms with van der Waals surface area (Å²) in [7, 11) is 0. The zero-order valence-electron chi connectivity index (χ0n) is 11.4. The number of hydrogen-bond acceptors (Lipinski definition) is 3. The first kappa shape index (κ1) is 15.8. The highest BCUT2D eigenvalue weighted by Gasteiger charge is 2.25. The van der Waals surface area contributed by atoms with Gasteiger partial charge in [0.05, 0.1) is 0 Å². The van der Waals surface area contributed by atoms with Gasteiger partial charge >= 0.3 is 5.97 Å². The van der Waals surface area contributed by atoms with Gasteiger partial charge in [-0.2, -0.15) is 0 Å². The van der Waals surface area contributed by atoms with Crippen molar-refractivity contribution in [3.8, 4) is 0 Å². The number of carboxylic acids is 1. The smallest absolute Gasteiger partial charge is 0.320 e. The number of rotatable bonds is 4. The number of carbonyl (C=O) groups is 1. The molecular formula is C14H18BrClN2O2. The highest BCUT2D eigenvalue weighted by Crippen LogP contribution is 2.23. The van der Waals surface area contributed by atoms with E-state index >= 15 is 0 Å². The Morgan fingerprint density at radius 1 is 1.40 bits per heavy atom. The predicted octanol–water partition coefficient (Wildman–Crippen LogP) is 2.69. The van der Waals surface area contributed by atoms with Crippen molar-refractivity contribution in [2.75, 3.05) is 26.2 Å². The first-order valence-corrected chi connectivity index (χ1v) is 7.77. The molecular weight excluding hydrogens is 344 g/mol. The molecule has 0 bridgehead atoms. The van der Waals surface area contributed by atoms with Crippen molar-refractivity contribution in [2.45, 2.75) is 19.5 Å². The van der Waals surface area contributed by atoms with Crippen LogP contribution in [0.4, 0.5) is 0 Å². The normalized spacial score (nSPS) is 18.9. The molecule has 0 amide bonds. The van der Waals surface area contributed by atoms with Crippen LogP contribution in [0, 0.1) is 0 Å². The highest BCUT2D eigenvalue weighted by molar-refractivity contribution is 9.10. The van der Waals surface area contributed by atoms with Crippen LogP contribution in [-0.2, 0) is 11.3 Å². The number of carboxylic acid groups (broad SMARTS) is 1. The molecule has 0 saturated carbocycles. The molecule has 0 spiro atoms. The minimum Gasteiger partial charge on any atom is -0.480 e. The number of aliphatic carboxylic acids is 1. The van der Waals surface area contributed by atoms with Crippen LogP contribution < -0.4 is 0 Å². The van der Waals surface area contributed by atoms with Crippen LogP contribution in [0.25, 0.3) is 0 Å². The second kappa shape index (κ2) is 6.89. The predicted molar refractivity (Wildman–Crippen MR) is 83.1 cm³/mol. The molecule has 1 aromatic rings. The van der Waals surface area contributed by atoms with Gasteiger partial charge in [-0.1, -0.05) is 27.5 Å². The molecule has 6 heteroatoms. The third kappa shape index (κ3) is 3.95. The number of halogens is 2. The first-order valence-electron chi connectivity index (χ1n) is 6.60. The standard InChI is InChI=1S/C14H18BrClN2O2/c1-10(14(19)20)18-6-4-17(5-7-18)9-11-8-12(15)2-3-13(11)16/h2-3,8,10H,4-7,9H2,1H3,(H,19,20). The summed E-state index contributed by atoms with van der Waals surface area (Å²) in [5, 5.41) is 9.80. The molecule has 20 heavy (non-hydrogen) atoms. The van der Waals surface area contributed by atoms with Gasteiger partial charge in [0.15, 0.2) is 0 Å². The van der Waals surface area contributed by atoms with Crippen LogP contribution in [0.2, 0.25) is 5.02 Å². The van der Waals surface area contributed by atoms with Gasteiger partial charge in [0.2, 0.25) is 0 Å². The maximum Gasteiger partial charge on any atom is 0.320 e. The van der Waals surface area contributed by atoms with Crippen molar-refractivity contribution in [1.29, 1.82) is 0 Å². The Labute approximate surface area is 132 Å². The van der Waals surface area contributed by atoms with Crippen molar-refractivity contribution in [3.05, 3.63) is 33.3 Å². The molecule has 2 rings (SSSR count). The van der Waals surface area contributed by atoms with Gasteiger partial charge in [-0.15, -0.1) is 0 Å². The fourth-order valence-electron chi connectivity index (χ4n) is 2.37. The Balaban J connectivity index is 1.91. The lowest BCUT2D eigenvalue weighted by molar-refractivity contribution is -0.143. The minimum atomic E-state index is -0.756. The van der Waals surface area contributed by atoms with Crippen molar-refractivity contribution >= 4 is 33.5 Å². The summed E-state index contributed by atoms with van der Waals surface area (Å²) < 4.78 is 1.02. The zero-order chi connectivity index (χ0) is 14.7. The monoisotopic (exact) mass is 360 g/mol. The van der Waals surface area contributed by atoms with Gasteiger partial charge in [0.25, 0.3) is 0 Å². The van der Waals surface area contributed by atoms with E-state index in [1.165, 1.54) is 0 Å². The van der Waals surface area contributed by atoms with Gasteiger partial charge in [-0.05, 0) is 30.7 Å². The molecule has 1 N–H and O–H groups in total. The summed E-state index contributed by atoms with van der Waals surface area (Å²) in [6.45, 7) is 5.82. The molecule has 1 aliphatic heterocycles. The van der Waals surface area contributed by atoms with E-state index in [1.54, 1.807) is 6.92 Å². The molecule has 1 saturated heterocycles. The Hall–Kier alpha value is -0.620. The number of nitrogens with zero attached hydrogens (tertiary/aromatic N) is 2. The van der Waals surface area contributed by atoms with E-state index in [0.29, 0.717) is 0 Å². The summed E-state index contributed by atoms with van der Waals surface area (Å²) in [6.07, 6.45) is 0. The minimum absolute atomic E-state index is 0.411. The third-order valence-electron chi connectivity index (χ3n) is 3.71. The van der Waals surface area contributed by atoms with Crippen LogP contribution in [-0.4, -0.2) is 53.1 Å². The average molecular weight is 362 g/mol. The Morgan fingerprint density at radius 2 is 2.05 bits per heavy atom. The second-order valence-corrected chi connectivity index (χ2v) is 6.38. The van der Waals surface area contributed by atoms with E-state index < -0.39 is 12.0 Å². The SMILES string of the molecule is CC(C(=O)O)N1CCN(Cc2cc(Br)ccc2Cl)CC1. The van der Waals surface area contributed by atoms with Crippen LogP contribution in [0.3, 0.4) is 0 Å². The molecule has 0 aromatic heterocycles. The summed E-state index contributed by atoms with van der Waals surface area (Å²) in [5.41, 5.74) is 1.10. The maximum absolute atomic E-state index is 11.0. The Bertz CT molecular complexity index is 490. The summed E-state index contributed by atoms with van der Waals surface area (Å²) in [4.78, 5) is 15.3. The molecule has 110 valence electrons. The molecule has 1 fully saturated rings. The van der Waals surface area contributed by atoms with Crippen molar-refractivity contribution in [3.63, 3.8) is 0 Å². The molecule has 0 aliphatic carbocycles. The zero-order valence-corrected chi connectivity index (χ0v) is 13.7. The van der Waals surface area contributed by atoms with Crippen LogP contribution in [0.15, 0.2) is 22.7 Å². The van der Waals surface area contributed by atoms with Gasteiger partial charge in [0.1, 0.15) is 6.04 Å². The summed E-state index contributed by atoms with van der Waals surface area (Å²) >= 11 is 9.66. The van der Waals surface area contributed by atoms with E-state index in [0.717, 1.165) is 47.8 Å². The first-order chi connectivity index (χ1) is 9.47. The molecule has 1 unspecified atom stereocenters. The van der Waals surface area contributed by atoms with Crippen LogP contribution >= 0.6 is 27.5 Å². The molecule has 1 aromatic carbocycles. The lowest BCUT2D eigenvalue weighted by Gasteiger charge is -2.36. The molecule has 1 heterocycles. The largest absolute Gasteiger partial charge is 0.480 e. The van der Waals surface area contributed by atoms with Crippen molar-refractivity contribution in [1.82, 2.24) is 9.80 Å². The topological polar surface area (TPSA) is 43.8 Å². The van der Waals surface area contributed by atoms with Gasteiger partial charge in [-0.25, -0.2) is 0 Å². The average Bonchev–Trinajstić information content (AvgIpc) is 2.43. The third-order valence-corrected chi connectivity index (χ3v) is 4.58. The van der Waals surface area contributed by atoms with Gasteiger partial charge < -0.3 is 5.11 Å². The lowest BCUT2D eigenvalue weighted by atomic mass is 10.2. The van der Waals surface area contributed by atoms with E-state index in [4.69, 9.17) is 16.7 Å². The van der Waals surface area contributed by atoms with Gasteiger partial charge in [-0.3, -0.25) is 14.6 Å². The van der Waals surface area contributed by atoms with E-state index in [2.05, 4.69) is 20.8 Å². The molecule has 1 atom stereocenters. The molecule has 4 nitrogen and oxygen atoms in total. The Kier molecular flexibility index (Phi) is 5.43. The van der Waals surface area contributed by atoms with Crippen LogP contribution in [0.5, 0.6) is 0 Å². The lowest BCUT2D eigenvalue weighted by Crippen LogP contribution is -2.51. The van der Waals surface area contributed by atoms with Crippen molar-refractivity contribution < 1.29 is 9.90 Å². The number of hydrogen-bond donors (Lipinski definition) is 1. The second-order valence-electron chi connectivity index (χ2n) is 5.06. The number of benzene rings is 1. The maximum atomic E-state index is 11.0. The quantitative estimate of drug-likeness (QED) is 0.895. The number of piperazine rings is 1. The van der Waals surface area contributed by atoms with E-state index in [-0.39, 0.29) is 0 Å². The van der Waals surface area contributed by atoms with Crippen LogP contribution in [0.1, 0.15) is 12.5 Å².